The molecule has 39 heavy (non-hydrogen) atoms. The number of hydrogen-bond acceptors (Lipinski definition) is 8. The van der Waals surface area contributed by atoms with Gasteiger partial charge in [0, 0.05) is 48.8 Å². The maximum Gasteiger partial charge on any atom is 0.255 e. The Balaban J connectivity index is 1.54. The summed E-state index contributed by atoms with van der Waals surface area (Å²) < 4.78 is 24.5. The predicted octanol–water partition coefficient (Wildman–Crippen LogP) is 3.90. The molecule has 1 aliphatic rings. The third kappa shape index (κ3) is 6.91. The number of morpholine rings is 1. The number of halogens is 1. The molecule has 3 aromatic rings. The van der Waals surface area contributed by atoms with Crippen LogP contribution in [0.5, 0.6) is 5.75 Å². The maximum atomic E-state index is 13.8. The van der Waals surface area contributed by atoms with E-state index < -0.39 is 6.67 Å². The Morgan fingerprint density at radius 3 is 2.62 bits per heavy atom. The molecule has 206 valence electrons. The topological polar surface area (TPSA) is 119 Å². The van der Waals surface area contributed by atoms with Crippen molar-refractivity contribution in [2.75, 3.05) is 43.7 Å². The Bertz CT molecular complexity index is 1360. The number of nitrogens with zero attached hydrogens (tertiary/aromatic N) is 3. The number of anilines is 2. The van der Waals surface area contributed by atoms with Crippen molar-refractivity contribution in [3.05, 3.63) is 88.4 Å². The van der Waals surface area contributed by atoms with E-state index in [1.54, 1.807) is 50.0 Å². The standard InChI is InChI=1S/C29H35FN6O3/c1-19-4-5-21(13-28(19)36(32)18-27(31)23-12-26(38-3)16-33-15-23)29(37)34-25-10-22(14-30)20(2)24(11-25)17-35-6-8-39-9-7-35/h4-5,10-13,15-16,18H,6-9,14,17,31-32H2,1-3H3,(H,34,37)/b27-18-. The largest absolute Gasteiger partial charge is 0.495 e. The lowest BCUT2D eigenvalue weighted by Crippen LogP contribution is -2.35. The Kier molecular flexibility index (Phi) is 9.13. The lowest BCUT2D eigenvalue weighted by Gasteiger charge is -2.27. The monoisotopic (exact) mass is 534 g/mol. The summed E-state index contributed by atoms with van der Waals surface area (Å²) in [6, 6.07) is 10.6. The molecule has 1 aromatic heterocycles. The molecular weight excluding hydrogens is 499 g/mol. The second-order valence-corrected chi connectivity index (χ2v) is 9.50. The van der Waals surface area contributed by atoms with E-state index in [0.29, 0.717) is 59.3 Å². The summed E-state index contributed by atoms with van der Waals surface area (Å²) in [5.74, 6) is 6.57. The number of methoxy groups -OCH3 is 1. The number of pyridine rings is 1. The number of benzene rings is 2. The first-order chi connectivity index (χ1) is 18.8. The molecule has 9 nitrogen and oxygen atoms in total. The second-order valence-electron chi connectivity index (χ2n) is 9.50. The van der Waals surface area contributed by atoms with Gasteiger partial charge in [0.2, 0.25) is 0 Å². The zero-order chi connectivity index (χ0) is 27.9. The summed E-state index contributed by atoms with van der Waals surface area (Å²) >= 11 is 0. The smallest absolute Gasteiger partial charge is 0.255 e. The van der Waals surface area contributed by atoms with Gasteiger partial charge in [0.25, 0.3) is 5.91 Å². The molecule has 0 saturated carbocycles. The molecule has 0 atom stereocenters. The number of nitrogens with two attached hydrogens (primary N) is 2. The number of carbonyl (C=O) groups excluding carboxylic acids is 1. The molecular formula is C29H35FN6O3. The summed E-state index contributed by atoms with van der Waals surface area (Å²) in [7, 11) is 1.55. The third-order valence-electron chi connectivity index (χ3n) is 6.83. The highest BCUT2D eigenvalue weighted by atomic mass is 19.1. The molecule has 1 saturated heterocycles. The van der Waals surface area contributed by atoms with Crippen LogP contribution in [0.1, 0.15) is 38.2 Å². The van der Waals surface area contributed by atoms with Gasteiger partial charge in [-0.05, 0) is 66.4 Å². The van der Waals surface area contributed by atoms with Crippen molar-refractivity contribution in [2.24, 2.45) is 11.6 Å². The van der Waals surface area contributed by atoms with E-state index in [9.17, 15) is 9.18 Å². The van der Waals surface area contributed by atoms with Gasteiger partial charge in [0.05, 0.1) is 37.9 Å². The van der Waals surface area contributed by atoms with Crippen LogP contribution in [0.15, 0.2) is 55.0 Å². The van der Waals surface area contributed by atoms with Crippen LogP contribution in [0.3, 0.4) is 0 Å². The van der Waals surface area contributed by atoms with Crippen molar-refractivity contribution in [1.82, 2.24) is 9.88 Å². The molecule has 1 fully saturated rings. The molecule has 1 amide bonds. The van der Waals surface area contributed by atoms with Gasteiger partial charge in [-0.3, -0.25) is 19.7 Å². The van der Waals surface area contributed by atoms with Gasteiger partial charge in [-0.15, -0.1) is 0 Å². The molecule has 2 heterocycles. The van der Waals surface area contributed by atoms with Gasteiger partial charge in [-0.2, -0.15) is 0 Å². The summed E-state index contributed by atoms with van der Waals surface area (Å²) in [4.78, 5) is 19.6. The number of hydrazine groups is 1. The zero-order valence-electron chi connectivity index (χ0n) is 22.5. The average molecular weight is 535 g/mol. The van der Waals surface area contributed by atoms with E-state index >= 15 is 0 Å². The van der Waals surface area contributed by atoms with Crippen LogP contribution in [0.2, 0.25) is 0 Å². The summed E-state index contributed by atoms with van der Waals surface area (Å²) in [6.45, 7) is 6.84. The van der Waals surface area contributed by atoms with Crippen LogP contribution in [-0.4, -0.2) is 49.2 Å². The Labute approximate surface area is 228 Å². The number of amides is 1. The summed E-state index contributed by atoms with van der Waals surface area (Å²) in [6.07, 6.45) is 4.75. The van der Waals surface area contributed by atoms with Crippen LogP contribution in [0.25, 0.3) is 5.70 Å². The Morgan fingerprint density at radius 2 is 1.90 bits per heavy atom. The average Bonchev–Trinajstić information content (AvgIpc) is 2.95. The van der Waals surface area contributed by atoms with Crippen molar-refractivity contribution in [1.29, 1.82) is 0 Å². The van der Waals surface area contributed by atoms with E-state index in [2.05, 4.69) is 15.2 Å². The van der Waals surface area contributed by atoms with Crippen LogP contribution in [0.4, 0.5) is 15.8 Å². The van der Waals surface area contributed by atoms with Crippen LogP contribution < -0.4 is 26.6 Å². The van der Waals surface area contributed by atoms with E-state index in [0.717, 1.165) is 29.8 Å². The van der Waals surface area contributed by atoms with Crippen molar-refractivity contribution < 1.29 is 18.7 Å². The number of aromatic nitrogens is 1. The molecule has 5 N–H and O–H groups in total. The molecule has 4 rings (SSSR count). The molecule has 0 bridgehead atoms. The fraction of sp³-hybridized carbons (Fsp3) is 0.310. The van der Waals surface area contributed by atoms with Gasteiger partial charge in [0.15, 0.2) is 0 Å². The number of carbonyl (C=O) groups is 1. The first-order valence-corrected chi connectivity index (χ1v) is 12.7. The fourth-order valence-corrected chi connectivity index (χ4v) is 4.43. The predicted molar refractivity (Wildman–Crippen MR) is 151 cm³/mol. The number of nitrogens with one attached hydrogen (secondary N) is 1. The Hall–Kier alpha value is -3.99. The minimum absolute atomic E-state index is 0.329. The highest BCUT2D eigenvalue weighted by Crippen LogP contribution is 2.26. The van der Waals surface area contributed by atoms with E-state index in [-0.39, 0.29) is 5.91 Å². The summed E-state index contributed by atoms with van der Waals surface area (Å²) in [5, 5.41) is 4.30. The molecule has 1 aliphatic heterocycles. The van der Waals surface area contributed by atoms with Gasteiger partial charge in [-0.1, -0.05) is 6.07 Å². The number of aryl methyl sites for hydroxylation is 1. The van der Waals surface area contributed by atoms with Crippen LogP contribution in [0, 0.1) is 13.8 Å². The lowest BCUT2D eigenvalue weighted by molar-refractivity contribution is 0.0341. The van der Waals surface area contributed by atoms with E-state index in [1.807, 2.05) is 26.0 Å². The van der Waals surface area contributed by atoms with Crippen molar-refractivity contribution >= 4 is 23.0 Å². The Morgan fingerprint density at radius 1 is 1.15 bits per heavy atom. The molecule has 10 heteroatoms. The van der Waals surface area contributed by atoms with Gasteiger partial charge >= 0.3 is 0 Å². The highest BCUT2D eigenvalue weighted by Gasteiger charge is 2.17. The molecule has 0 unspecified atom stereocenters. The number of hydrogen-bond donors (Lipinski definition) is 3. The molecule has 0 aliphatic carbocycles. The molecule has 0 radical (unpaired) electrons. The SMILES string of the molecule is COc1cncc(/C(N)=C/N(N)c2cc(C(=O)Nc3cc(CF)c(C)c(CN4CCOCC4)c3)ccc2C)c1. The van der Waals surface area contributed by atoms with Crippen LogP contribution >= 0.6 is 0 Å². The minimum atomic E-state index is -0.612. The number of ether oxygens (including phenoxy) is 2. The van der Waals surface area contributed by atoms with Gasteiger partial charge in [-0.25, -0.2) is 10.2 Å². The lowest BCUT2D eigenvalue weighted by atomic mass is 10.0. The first-order valence-electron chi connectivity index (χ1n) is 12.7. The van der Waals surface area contributed by atoms with Crippen molar-refractivity contribution in [3.63, 3.8) is 0 Å². The normalized spacial score (nSPS) is 14.2. The molecule has 0 spiro atoms. The molecule has 2 aromatic carbocycles. The number of alkyl halides is 1. The second kappa shape index (κ2) is 12.7. The fourth-order valence-electron chi connectivity index (χ4n) is 4.43. The maximum absolute atomic E-state index is 13.8. The van der Waals surface area contributed by atoms with Gasteiger partial charge < -0.3 is 20.5 Å². The van der Waals surface area contributed by atoms with E-state index in [1.165, 1.54) is 5.01 Å². The highest BCUT2D eigenvalue weighted by molar-refractivity contribution is 6.05. The third-order valence-corrected chi connectivity index (χ3v) is 6.83. The first kappa shape index (κ1) is 28.0. The summed E-state index contributed by atoms with van der Waals surface area (Å²) in [5.41, 5.74) is 12.1. The minimum Gasteiger partial charge on any atom is -0.495 e. The zero-order valence-corrected chi connectivity index (χ0v) is 22.5. The van der Waals surface area contributed by atoms with Crippen molar-refractivity contribution in [2.45, 2.75) is 27.1 Å². The quantitative estimate of drug-likeness (QED) is 0.279. The van der Waals surface area contributed by atoms with E-state index in [4.69, 9.17) is 21.1 Å². The van der Waals surface area contributed by atoms with Crippen LogP contribution in [-0.2, 0) is 18.0 Å². The number of rotatable bonds is 9. The van der Waals surface area contributed by atoms with Crippen molar-refractivity contribution in [3.8, 4) is 5.75 Å². The van der Waals surface area contributed by atoms with Gasteiger partial charge in [0.1, 0.15) is 12.4 Å².